The molecule has 2 aromatic heterocycles. The Hall–Kier alpha value is -2.81. The maximum atomic E-state index is 12.9. The van der Waals surface area contributed by atoms with E-state index in [0.717, 1.165) is 17.7 Å². The standard InChI is InChI=1S/C19H24N6O3/c1-24(2)18-22-12-13-4-11-28-19(15(13)23-18)5-9-25(10-6-19)17(26)14-16(27-3)21-8-7-20-14/h7-8,12H,4-6,9-11H2,1-3H3. The van der Waals surface area contributed by atoms with Gasteiger partial charge < -0.3 is 19.3 Å². The van der Waals surface area contributed by atoms with Crippen LogP contribution >= 0.6 is 0 Å². The number of likely N-dealkylation sites (tertiary alicyclic amines) is 1. The lowest BCUT2D eigenvalue weighted by atomic mass is 9.83. The smallest absolute Gasteiger partial charge is 0.278 e. The zero-order valence-electron chi connectivity index (χ0n) is 16.4. The quantitative estimate of drug-likeness (QED) is 0.775. The van der Waals surface area contributed by atoms with Crippen molar-refractivity contribution < 1.29 is 14.3 Å². The van der Waals surface area contributed by atoms with E-state index in [4.69, 9.17) is 14.5 Å². The number of hydrogen-bond acceptors (Lipinski definition) is 8. The Labute approximate surface area is 163 Å². The molecule has 1 amide bonds. The summed E-state index contributed by atoms with van der Waals surface area (Å²) in [5, 5.41) is 0. The molecule has 2 aromatic rings. The molecular formula is C19H24N6O3. The Balaban J connectivity index is 1.56. The molecule has 148 valence electrons. The average Bonchev–Trinajstić information content (AvgIpc) is 2.74. The van der Waals surface area contributed by atoms with Crippen LogP contribution < -0.4 is 9.64 Å². The summed E-state index contributed by atoms with van der Waals surface area (Å²) in [4.78, 5) is 34.0. The topological polar surface area (TPSA) is 93.6 Å². The van der Waals surface area contributed by atoms with Gasteiger partial charge in [-0.15, -0.1) is 0 Å². The van der Waals surface area contributed by atoms with Crippen molar-refractivity contribution in [2.45, 2.75) is 24.9 Å². The zero-order chi connectivity index (χ0) is 19.7. The fourth-order valence-corrected chi connectivity index (χ4v) is 3.84. The van der Waals surface area contributed by atoms with Crippen molar-refractivity contribution in [2.24, 2.45) is 0 Å². The first kappa shape index (κ1) is 18.5. The maximum Gasteiger partial charge on any atom is 0.278 e. The molecular weight excluding hydrogens is 360 g/mol. The van der Waals surface area contributed by atoms with E-state index in [1.807, 2.05) is 25.2 Å². The van der Waals surface area contributed by atoms with Gasteiger partial charge in [-0.3, -0.25) is 4.79 Å². The molecule has 2 aliphatic heterocycles. The van der Waals surface area contributed by atoms with Gasteiger partial charge in [-0.1, -0.05) is 0 Å². The van der Waals surface area contributed by atoms with E-state index < -0.39 is 5.60 Å². The van der Waals surface area contributed by atoms with Crippen molar-refractivity contribution >= 4 is 11.9 Å². The molecule has 0 saturated carbocycles. The SMILES string of the molecule is COc1nccnc1C(=O)N1CCC2(CC1)OCCc1cnc(N(C)C)nc12. The number of anilines is 1. The predicted molar refractivity (Wildman–Crippen MR) is 101 cm³/mol. The molecule has 4 heterocycles. The van der Waals surface area contributed by atoms with Crippen molar-refractivity contribution in [1.29, 1.82) is 0 Å². The number of carbonyl (C=O) groups is 1. The molecule has 9 heteroatoms. The van der Waals surface area contributed by atoms with Crippen LogP contribution in [0.4, 0.5) is 5.95 Å². The van der Waals surface area contributed by atoms with Gasteiger partial charge in [-0.2, -0.15) is 0 Å². The average molecular weight is 384 g/mol. The second-order valence-corrected chi connectivity index (χ2v) is 7.24. The summed E-state index contributed by atoms with van der Waals surface area (Å²) >= 11 is 0. The van der Waals surface area contributed by atoms with E-state index in [0.29, 0.717) is 38.5 Å². The van der Waals surface area contributed by atoms with Crippen LogP contribution in [0.15, 0.2) is 18.6 Å². The highest BCUT2D eigenvalue weighted by molar-refractivity contribution is 5.94. The number of amides is 1. The van der Waals surface area contributed by atoms with E-state index in [1.165, 1.54) is 19.5 Å². The lowest BCUT2D eigenvalue weighted by Crippen LogP contribution is -2.49. The van der Waals surface area contributed by atoms with Gasteiger partial charge in [0.25, 0.3) is 5.91 Å². The molecule has 0 aliphatic carbocycles. The molecule has 0 aromatic carbocycles. The van der Waals surface area contributed by atoms with Crippen LogP contribution in [0, 0.1) is 0 Å². The number of methoxy groups -OCH3 is 1. The lowest BCUT2D eigenvalue weighted by Gasteiger charge is -2.44. The molecule has 0 radical (unpaired) electrons. The zero-order valence-corrected chi connectivity index (χ0v) is 16.4. The highest BCUT2D eigenvalue weighted by atomic mass is 16.5. The van der Waals surface area contributed by atoms with E-state index in [1.54, 1.807) is 4.90 Å². The van der Waals surface area contributed by atoms with E-state index >= 15 is 0 Å². The van der Waals surface area contributed by atoms with E-state index in [9.17, 15) is 4.79 Å². The van der Waals surface area contributed by atoms with Gasteiger partial charge >= 0.3 is 0 Å². The number of carbonyl (C=O) groups excluding carboxylic acids is 1. The van der Waals surface area contributed by atoms with Crippen LogP contribution in [-0.2, 0) is 16.8 Å². The Morgan fingerprint density at radius 2 is 1.96 bits per heavy atom. The Kier molecular flexibility index (Phi) is 4.84. The van der Waals surface area contributed by atoms with Gasteiger partial charge in [0.2, 0.25) is 11.8 Å². The molecule has 2 aliphatic rings. The first-order valence-electron chi connectivity index (χ1n) is 9.36. The molecule has 0 bridgehead atoms. The predicted octanol–water partition coefficient (Wildman–Crippen LogP) is 1.05. The van der Waals surface area contributed by atoms with Crippen LogP contribution in [0.1, 0.15) is 34.6 Å². The number of aromatic nitrogens is 4. The normalized spacial score (nSPS) is 17.9. The third-order valence-corrected chi connectivity index (χ3v) is 5.35. The molecule has 4 rings (SSSR count). The molecule has 0 N–H and O–H groups in total. The summed E-state index contributed by atoms with van der Waals surface area (Å²) in [6, 6.07) is 0. The lowest BCUT2D eigenvalue weighted by molar-refractivity contribution is -0.0967. The van der Waals surface area contributed by atoms with E-state index in [-0.39, 0.29) is 17.5 Å². The van der Waals surface area contributed by atoms with Crippen molar-refractivity contribution in [3.63, 3.8) is 0 Å². The second-order valence-electron chi connectivity index (χ2n) is 7.24. The van der Waals surface area contributed by atoms with Gasteiger partial charge in [-0.25, -0.2) is 19.9 Å². The maximum absolute atomic E-state index is 12.9. The first-order valence-corrected chi connectivity index (χ1v) is 9.36. The molecule has 0 atom stereocenters. The Bertz CT molecular complexity index is 880. The van der Waals surface area contributed by atoms with Gasteiger partial charge in [0.15, 0.2) is 5.69 Å². The van der Waals surface area contributed by atoms with Gasteiger partial charge in [0, 0.05) is 45.8 Å². The fourth-order valence-electron chi connectivity index (χ4n) is 3.84. The third-order valence-electron chi connectivity index (χ3n) is 5.35. The molecule has 1 spiro atoms. The number of nitrogens with zero attached hydrogens (tertiary/aromatic N) is 6. The number of rotatable bonds is 3. The highest BCUT2D eigenvalue weighted by Crippen LogP contribution is 2.41. The summed E-state index contributed by atoms with van der Waals surface area (Å²) in [5.74, 6) is 0.745. The second kappa shape index (κ2) is 7.31. The van der Waals surface area contributed by atoms with Crippen LogP contribution in [-0.4, -0.2) is 71.6 Å². The minimum Gasteiger partial charge on any atom is -0.479 e. The number of fused-ring (bicyclic) bond motifs is 2. The van der Waals surface area contributed by atoms with Crippen molar-refractivity contribution in [1.82, 2.24) is 24.8 Å². The van der Waals surface area contributed by atoms with Crippen LogP contribution in [0.2, 0.25) is 0 Å². The summed E-state index contributed by atoms with van der Waals surface area (Å²) < 4.78 is 11.4. The molecule has 9 nitrogen and oxygen atoms in total. The van der Waals surface area contributed by atoms with E-state index in [2.05, 4.69) is 15.0 Å². The summed E-state index contributed by atoms with van der Waals surface area (Å²) in [6.45, 7) is 1.75. The van der Waals surface area contributed by atoms with Gasteiger partial charge in [-0.05, 0) is 24.8 Å². The van der Waals surface area contributed by atoms with Crippen molar-refractivity contribution in [2.75, 3.05) is 45.8 Å². The van der Waals surface area contributed by atoms with Crippen LogP contribution in [0.5, 0.6) is 5.88 Å². The summed E-state index contributed by atoms with van der Waals surface area (Å²) in [6.07, 6.45) is 7.08. The Morgan fingerprint density at radius 1 is 1.21 bits per heavy atom. The highest BCUT2D eigenvalue weighted by Gasteiger charge is 2.44. The number of piperidine rings is 1. The molecule has 28 heavy (non-hydrogen) atoms. The summed E-state index contributed by atoms with van der Waals surface area (Å²) in [7, 11) is 5.34. The third kappa shape index (κ3) is 3.15. The minimum atomic E-state index is -0.468. The van der Waals surface area contributed by atoms with Crippen LogP contribution in [0.25, 0.3) is 0 Å². The molecule has 0 unspecified atom stereocenters. The number of ether oxygens (including phenoxy) is 2. The number of hydrogen-bond donors (Lipinski definition) is 0. The first-order chi connectivity index (χ1) is 13.5. The fraction of sp³-hybridized carbons (Fsp3) is 0.526. The largest absolute Gasteiger partial charge is 0.479 e. The molecule has 1 saturated heterocycles. The minimum absolute atomic E-state index is 0.174. The van der Waals surface area contributed by atoms with Crippen LogP contribution in [0.3, 0.4) is 0 Å². The van der Waals surface area contributed by atoms with Gasteiger partial charge in [0.05, 0.1) is 19.4 Å². The van der Waals surface area contributed by atoms with Crippen molar-refractivity contribution in [3.05, 3.63) is 35.5 Å². The van der Waals surface area contributed by atoms with Gasteiger partial charge in [0.1, 0.15) is 5.60 Å². The summed E-state index contributed by atoms with van der Waals surface area (Å²) in [5.41, 5.74) is 1.86. The van der Waals surface area contributed by atoms with Crippen molar-refractivity contribution in [3.8, 4) is 5.88 Å². The monoisotopic (exact) mass is 384 g/mol. The Morgan fingerprint density at radius 3 is 2.68 bits per heavy atom. The molecule has 1 fully saturated rings.